The lowest BCUT2D eigenvalue weighted by Crippen LogP contribution is -2.47. The van der Waals surface area contributed by atoms with Crippen molar-refractivity contribution in [2.24, 2.45) is 0 Å². The smallest absolute Gasteiger partial charge is 0.341 e. The quantitative estimate of drug-likeness (QED) is 0.488. The van der Waals surface area contributed by atoms with Crippen LogP contribution >= 0.6 is 11.3 Å². The minimum absolute atomic E-state index is 0.195. The molecule has 2 N–H and O–H groups in total. The van der Waals surface area contributed by atoms with Crippen LogP contribution in [-0.2, 0) is 14.3 Å². The second kappa shape index (κ2) is 9.74. The number of hydrogen-bond acceptors (Lipinski definition) is 6. The molecule has 9 heteroatoms. The van der Waals surface area contributed by atoms with Crippen molar-refractivity contribution >= 4 is 40.2 Å². The molecule has 4 rings (SSSR count). The highest BCUT2D eigenvalue weighted by atomic mass is 32.1. The number of rotatable bonds is 6. The molecule has 0 radical (unpaired) electrons. The van der Waals surface area contributed by atoms with E-state index >= 15 is 0 Å². The summed E-state index contributed by atoms with van der Waals surface area (Å²) in [5.74, 6) is -1.43. The Morgan fingerprint density at radius 3 is 2.48 bits per heavy atom. The molecule has 1 aliphatic heterocycles. The summed E-state index contributed by atoms with van der Waals surface area (Å²) in [6.45, 7) is 1.50. The van der Waals surface area contributed by atoms with Gasteiger partial charge in [-0.15, -0.1) is 11.3 Å². The third-order valence-electron chi connectivity index (χ3n) is 6.11. The Balaban J connectivity index is 1.53. The fourth-order valence-electron chi connectivity index (χ4n) is 4.49. The third-order valence-corrected chi connectivity index (χ3v) is 7.01. The molecule has 1 aromatic heterocycles. The molecule has 2 heterocycles. The highest BCUT2D eigenvalue weighted by molar-refractivity contribution is 7.15. The minimum atomic E-state index is -0.895. The molecule has 0 atom stereocenters. The number of nitrogens with one attached hydrogen (secondary N) is 2. The summed E-state index contributed by atoms with van der Waals surface area (Å²) in [7, 11) is 0. The Morgan fingerprint density at radius 1 is 1.12 bits per heavy atom. The first-order valence-corrected chi connectivity index (χ1v) is 12.1. The molecule has 8 nitrogen and oxygen atoms in total. The molecule has 1 saturated heterocycles. The Labute approximate surface area is 196 Å². The van der Waals surface area contributed by atoms with E-state index in [4.69, 9.17) is 4.74 Å². The molecule has 1 aromatic carbocycles. The average Bonchev–Trinajstić information content (AvgIpc) is 3.20. The maximum absolute atomic E-state index is 13.1. The molecular weight excluding hydrogens is 442 g/mol. The standard InChI is InChI=1S/C24H27N3O5S/c1-2-32-21(29)19-17(16-10-6-5-7-11-16)15-33-20(19)25-18(28)14-27-22(30)24(26-23(27)31)12-8-3-4-9-13-24/h5-7,10-11,15H,2-4,8-9,12-14H2,1H3,(H,25,28)(H,26,31). The number of carbonyl (C=O) groups is 4. The van der Waals surface area contributed by atoms with Crippen LogP contribution in [0.2, 0.25) is 0 Å². The number of benzene rings is 1. The van der Waals surface area contributed by atoms with Gasteiger partial charge in [0.2, 0.25) is 5.91 Å². The van der Waals surface area contributed by atoms with Crippen LogP contribution in [0.4, 0.5) is 9.80 Å². The van der Waals surface area contributed by atoms with Gasteiger partial charge in [0.05, 0.1) is 6.61 Å². The Morgan fingerprint density at radius 2 is 1.82 bits per heavy atom. The minimum Gasteiger partial charge on any atom is -0.462 e. The van der Waals surface area contributed by atoms with Crippen molar-refractivity contribution in [3.63, 3.8) is 0 Å². The van der Waals surface area contributed by atoms with Gasteiger partial charge >= 0.3 is 12.0 Å². The van der Waals surface area contributed by atoms with E-state index in [2.05, 4.69) is 10.6 Å². The van der Waals surface area contributed by atoms with Crippen molar-refractivity contribution in [1.29, 1.82) is 0 Å². The topological polar surface area (TPSA) is 105 Å². The van der Waals surface area contributed by atoms with Crippen LogP contribution in [0.5, 0.6) is 0 Å². The monoisotopic (exact) mass is 469 g/mol. The lowest BCUT2D eigenvalue weighted by Gasteiger charge is -2.24. The van der Waals surface area contributed by atoms with E-state index in [0.717, 1.165) is 36.1 Å². The van der Waals surface area contributed by atoms with E-state index in [1.807, 2.05) is 30.3 Å². The summed E-state index contributed by atoms with van der Waals surface area (Å²) >= 11 is 1.20. The highest BCUT2D eigenvalue weighted by Gasteiger charge is 2.51. The molecule has 2 aromatic rings. The molecule has 174 valence electrons. The largest absolute Gasteiger partial charge is 0.462 e. The number of esters is 1. The van der Waals surface area contributed by atoms with Gasteiger partial charge in [0, 0.05) is 10.9 Å². The number of amides is 4. The molecule has 0 bridgehead atoms. The predicted octanol–water partition coefficient (Wildman–Crippen LogP) is 4.18. The van der Waals surface area contributed by atoms with Gasteiger partial charge in [-0.3, -0.25) is 14.5 Å². The van der Waals surface area contributed by atoms with Gasteiger partial charge < -0.3 is 15.4 Å². The molecule has 1 spiro atoms. The van der Waals surface area contributed by atoms with Gasteiger partial charge in [-0.05, 0) is 25.3 Å². The lowest BCUT2D eigenvalue weighted by molar-refractivity contribution is -0.134. The van der Waals surface area contributed by atoms with Crippen LogP contribution in [-0.4, -0.2) is 47.4 Å². The lowest BCUT2D eigenvalue weighted by atomic mass is 9.90. The van der Waals surface area contributed by atoms with E-state index < -0.39 is 30.0 Å². The molecule has 2 aliphatic rings. The van der Waals surface area contributed by atoms with E-state index in [1.54, 1.807) is 12.3 Å². The zero-order valence-corrected chi connectivity index (χ0v) is 19.3. The highest BCUT2D eigenvalue weighted by Crippen LogP contribution is 2.37. The number of hydrogen-bond donors (Lipinski definition) is 2. The number of ether oxygens (including phenoxy) is 1. The van der Waals surface area contributed by atoms with Crippen LogP contribution in [0, 0.1) is 0 Å². The van der Waals surface area contributed by atoms with Crippen LogP contribution in [0.1, 0.15) is 55.8 Å². The molecule has 0 unspecified atom stereocenters. The molecule has 4 amide bonds. The predicted molar refractivity (Wildman–Crippen MR) is 125 cm³/mol. The summed E-state index contributed by atoms with van der Waals surface area (Å²) < 4.78 is 5.21. The average molecular weight is 470 g/mol. The van der Waals surface area contributed by atoms with Gasteiger partial charge in [-0.2, -0.15) is 0 Å². The van der Waals surface area contributed by atoms with Gasteiger partial charge in [-0.1, -0.05) is 56.0 Å². The summed E-state index contributed by atoms with van der Waals surface area (Å²) in [4.78, 5) is 52.1. The molecule has 1 saturated carbocycles. The number of carbonyl (C=O) groups excluding carboxylic acids is 4. The van der Waals surface area contributed by atoms with Crippen molar-refractivity contribution < 1.29 is 23.9 Å². The SMILES string of the molecule is CCOC(=O)c1c(-c2ccccc2)csc1NC(=O)CN1C(=O)NC2(CCCCCC2)C1=O. The Bertz CT molecular complexity index is 1060. The fraction of sp³-hybridized carbons (Fsp3) is 0.417. The summed E-state index contributed by atoms with van der Waals surface area (Å²) in [5, 5.41) is 7.66. The Hall–Kier alpha value is -3.20. The number of nitrogens with zero attached hydrogens (tertiary/aromatic N) is 1. The first-order valence-electron chi connectivity index (χ1n) is 11.2. The first-order chi connectivity index (χ1) is 15.9. The van der Waals surface area contributed by atoms with Crippen LogP contribution in [0.15, 0.2) is 35.7 Å². The second-order valence-electron chi connectivity index (χ2n) is 8.31. The van der Waals surface area contributed by atoms with Gasteiger partial charge in [-0.25, -0.2) is 9.59 Å². The zero-order valence-electron chi connectivity index (χ0n) is 18.5. The molecular formula is C24H27N3O5S. The normalized spacial score (nSPS) is 17.5. The van der Waals surface area contributed by atoms with Crippen molar-refractivity contribution in [2.45, 2.75) is 51.0 Å². The second-order valence-corrected chi connectivity index (χ2v) is 9.19. The number of thiophene rings is 1. The van der Waals surface area contributed by atoms with Crippen LogP contribution in [0.25, 0.3) is 11.1 Å². The zero-order chi connectivity index (χ0) is 23.4. The summed E-state index contributed by atoms with van der Waals surface area (Å²) in [6, 6.07) is 8.80. The molecule has 33 heavy (non-hydrogen) atoms. The third kappa shape index (κ3) is 4.64. The number of anilines is 1. The number of urea groups is 1. The van der Waals surface area contributed by atoms with Crippen molar-refractivity contribution in [3.8, 4) is 11.1 Å². The van der Waals surface area contributed by atoms with Crippen LogP contribution < -0.4 is 10.6 Å². The molecule has 1 aliphatic carbocycles. The number of imide groups is 1. The van der Waals surface area contributed by atoms with Gasteiger partial charge in [0.1, 0.15) is 22.6 Å². The van der Waals surface area contributed by atoms with Crippen molar-refractivity contribution in [1.82, 2.24) is 10.2 Å². The maximum Gasteiger partial charge on any atom is 0.341 e. The van der Waals surface area contributed by atoms with E-state index in [1.165, 1.54) is 11.3 Å². The van der Waals surface area contributed by atoms with Crippen molar-refractivity contribution in [3.05, 3.63) is 41.3 Å². The summed E-state index contributed by atoms with van der Waals surface area (Å²) in [6.07, 6.45) is 4.98. The molecule has 2 fully saturated rings. The fourth-order valence-corrected chi connectivity index (χ4v) is 5.46. The van der Waals surface area contributed by atoms with E-state index in [-0.39, 0.29) is 18.1 Å². The first kappa shape index (κ1) is 23.0. The van der Waals surface area contributed by atoms with E-state index in [0.29, 0.717) is 23.4 Å². The van der Waals surface area contributed by atoms with Gasteiger partial charge in [0.15, 0.2) is 0 Å². The van der Waals surface area contributed by atoms with E-state index in [9.17, 15) is 19.2 Å². The van der Waals surface area contributed by atoms with Crippen molar-refractivity contribution in [2.75, 3.05) is 18.5 Å². The van der Waals surface area contributed by atoms with Gasteiger partial charge in [0.25, 0.3) is 5.91 Å². The van der Waals surface area contributed by atoms with Crippen LogP contribution in [0.3, 0.4) is 0 Å². The summed E-state index contributed by atoms with van der Waals surface area (Å²) in [5.41, 5.74) is 0.843. The maximum atomic E-state index is 13.1. The Kier molecular flexibility index (Phi) is 6.78.